The van der Waals surface area contributed by atoms with Crippen LogP contribution in [0.5, 0.6) is 0 Å². The van der Waals surface area contributed by atoms with E-state index in [1.807, 2.05) is 0 Å². The maximum absolute atomic E-state index is 13.1. The van der Waals surface area contributed by atoms with Crippen LogP contribution in [0.4, 0.5) is 8.78 Å². The van der Waals surface area contributed by atoms with Gasteiger partial charge in [0.25, 0.3) is 0 Å². The molecule has 0 heterocycles. The highest BCUT2D eigenvalue weighted by Gasteiger charge is 2.04. The summed E-state index contributed by atoms with van der Waals surface area (Å²) in [6, 6.07) is 10.0. The summed E-state index contributed by atoms with van der Waals surface area (Å²) in [6.07, 6.45) is 2.99. The molecule has 0 saturated heterocycles. The van der Waals surface area contributed by atoms with Crippen molar-refractivity contribution in [2.24, 2.45) is 0 Å². The van der Waals surface area contributed by atoms with Crippen molar-refractivity contribution >= 4 is 11.9 Å². The minimum absolute atomic E-state index is 0.215. The third-order valence-corrected chi connectivity index (χ3v) is 2.74. The maximum atomic E-state index is 13.1. The van der Waals surface area contributed by atoms with Gasteiger partial charge in [0.05, 0.1) is 0 Å². The minimum atomic E-state index is -0.334. The number of hydrogen-bond acceptors (Lipinski definition) is 1. The van der Waals surface area contributed by atoms with E-state index in [2.05, 4.69) is 0 Å². The topological polar surface area (TPSA) is 17.1 Å². The van der Waals surface area contributed by atoms with E-state index in [-0.39, 0.29) is 17.4 Å². The Labute approximate surface area is 110 Å². The van der Waals surface area contributed by atoms with Crippen LogP contribution in [0.3, 0.4) is 0 Å². The summed E-state index contributed by atoms with van der Waals surface area (Å²) >= 11 is 0. The molecule has 96 valence electrons. The predicted molar refractivity (Wildman–Crippen MR) is 70.9 cm³/mol. The van der Waals surface area contributed by atoms with Crippen LogP contribution in [0.25, 0.3) is 6.08 Å². The zero-order chi connectivity index (χ0) is 13.8. The van der Waals surface area contributed by atoms with Gasteiger partial charge in [-0.3, -0.25) is 4.79 Å². The number of rotatable bonds is 3. The molecular weight excluding hydrogens is 246 g/mol. The molecule has 2 rings (SSSR count). The SMILES string of the molecule is Cc1cc(C(=O)/C=C/c2ccc(F)cc2)ccc1F. The van der Waals surface area contributed by atoms with Crippen LogP contribution in [-0.4, -0.2) is 5.78 Å². The molecule has 0 atom stereocenters. The number of carbonyl (C=O) groups is 1. The summed E-state index contributed by atoms with van der Waals surface area (Å²) < 4.78 is 25.8. The van der Waals surface area contributed by atoms with Crippen LogP contribution in [0, 0.1) is 18.6 Å². The summed E-state index contributed by atoms with van der Waals surface area (Å²) in [4.78, 5) is 11.9. The van der Waals surface area contributed by atoms with Crippen molar-refractivity contribution in [2.45, 2.75) is 6.92 Å². The van der Waals surface area contributed by atoms with Crippen LogP contribution >= 0.6 is 0 Å². The van der Waals surface area contributed by atoms with Gasteiger partial charge in [-0.15, -0.1) is 0 Å². The Morgan fingerprint density at radius 3 is 2.37 bits per heavy atom. The summed E-state index contributed by atoms with van der Waals surface area (Å²) in [5.41, 5.74) is 1.59. The lowest BCUT2D eigenvalue weighted by molar-refractivity contribution is 0.104. The van der Waals surface area contributed by atoms with E-state index < -0.39 is 0 Å². The third-order valence-electron chi connectivity index (χ3n) is 2.74. The first-order valence-corrected chi connectivity index (χ1v) is 5.80. The van der Waals surface area contributed by atoms with Crippen molar-refractivity contribution in [3.05, 3.63) is 76.9 Å². The van der Waals surface area contributed by atoms with Gasteiger partial charge < -0.3 is 0 Å². The third kappa shape index (κ3) is 3.35. The van der Waals surface area contributed by atoms with Crippen LogP contribution in [-0.2, 0) is 0 Å². The molecule has 0 amide bonds. The molecule has 0 spiro atoms. The van der Waals surface area contributed by atoms with Gasteiger partial charge in [-0.1, -0.05) is 18.2 Å². The fourth-order valence-corrected chi connectivity index (χ4v) is 1.64. The van der Waals surface area contributed by atoms with Crippen molar-refractivity contribution in [3.8, 4) is 0 Å². The molecule has 1 nitrogen and oxygen atoms in total. The largest absolute Gasteiger partial charge is 0.289 e. The van der Waals surface area contributed by atoms with Crippen LogP contribution in [0.1, 0.15) is 21.5 Å². The molecule has 0 unspecified atom stereocenters. The molecule has 0 bridgehead atoms. The molecule has 0 aliphatic carbocycles. The fraction of sp³-hybridized carbons (Fsp3) is 0.0625. The van der Waals surface area contributed by atoms with Crippen LogP contribution < -0.4 is 0 Å². The zero-order valence-electron chi connectivity index (χ0n) is 10.4. The molecule has 0 aliphatic rings. The summed E-state index contributed by atoms with van der Waals surface area (Å²) in [7, 11) is 0. The number of carbonyl (C=O) groups excluding carboxylic acids is 1. The number of hydrogen-bond donors (Lipinski definition) is 0. The second kappa shape index (κ2) is 5.57. The first kappa shape index (κ1) is 13.1. The quantitative estimate of drug-likeness (QED) is 0.596. The number of ketones is 1. The number of benzene rings is 2. The molecule has 19 heavy (non-hydrogen) atoms. The lowest BCUT2D eigenvalue weighted by Crippen LogP contribution is -1.96. The predicted octanol–water partition coefficient (Wildman–Crippen LogP) is 4.17. The Morgan fingerprint density at radius 1 is 1.05 bits per heavy atom. The number of aryl methyl sites for hydroxylation is 1. The Kier molecular flexibility index (Phi) is 3.85. The van der Waals surface area contributed by atoms with Crippen molar-refractivity contribution in [1.29, 1.82) is 0 Å². The average molecular weight is 258 g/mol. The van der Waals surface area contributed by atoms with Crippen molar-refractivity contribution in [3.63, 3.8) is 0 Å². The van der Waals surface area contributed by atoms with E-state index in [9.17, 15) is 13.6 Å². The van der Waals surface area contributed by atoms with Gasteiger partial charge in [-0.25, -0.2) is 8.78 Å². The highest BCUT2D eigenvalue weighted by Crippen LogP contribution is 2.11. The van der Waals surface area contributed by atoms with E-state index in [1.165, 1.54) is 36.4 Å². The van der Waals surface area contributed by atoms with Gasteiger partial charge in [0, 0.05) is 5.56 Å². The standard InChI is InChI=1S/C16H12F2O/c1-11-10-13(5-8-15(11)18)16(19)9-4-12-2-6-14(17)7-3-12/h2-10H,1H3/b9-4+. The molecule has 0 aliphatic heterocycles. The summed E-state index contributed by atoms with van der Waals surface area (Å²) in [5, 5.41) is 0. The van der Waals surface area contributed by atoms with E-state index >= 15 is 0 Å². The molecule has 0 fully saturated rings. The van der Waals surface area contributed by atoms with Crippen molar-refractivity contribution < 1.29 is 13.6 Å². The Bertz CT molecular complexity index is 628. The monoisotopic (exact) mass is 258 g/mol. The van der Waals surface area contributed by atoms with Gasteiger partial charge in [0.1, 0.15) is 11.6 Å². The van der Waals surface area contributed by atoms with Gasteiger partial charge in [0.2, 0.25) is 0 Å². The highest BCUT2D eigenvalue weighted by molar-refractivity contribution is 6.06. The molecule has 0 N–H and O–H groups in total. The smallest absolute Gasteiger partial charge is 0.185 e. The molecule has 2 aromatic rings. The maximum Gasteiger partial charge on any atom is 0.185 e. The number of halogens is 2. The number of allylic oxidation sites excluding steroid dienone is 1. The van der Waals surface area contributed by atoms with Crippen LogP contribution in [0.2, 0.25) is 0 Å². The molecule has 2 aromatic carbocycles. The van der Waals surface area contributed by atoms with Gasteiger partial charge in [-0.2, -0.15) is 0 Å². The second-order valence-corrected chi connectivity index (χ2v) is 4.21. The highest BCUT2D eigenvalue weighted by atomic mass is 19.1. The summed E-state index contributed by atoms with van der Waals surface area (Å²) in [5.74, 6) is -0.871. The second-order valence-electron chi connectivity index (χ2n) is 4.21. The fourth-order valence-electron chi connectivity index (χ4n) is 1.64. The molecule has 3 heteroatoms. The van der Waals surface area contributed by atoms with E-state index in [1.54, 1.807) is 25.1 Å². The molecule has 0 saturated carbocycles. The Morgan fingerprint density at radius 2 is 1.74 bits per heavy atom. The van der Waals surface area contributed by atoms with Crippen molar-refractivity contribution in [1.82, 2.24) is 0 Å². The molecule has 0 aromatic heterocycles. The average Bonchev–Trinajstić information content (AvgIpc) is 2.41. The lowest BCUT2D eigenvalue weighted by Gasteiger charge is -1.99. The lowest BCUT2D eigenvalue weighted by atomic mass is 10.1. The molecular formula is C16H12F2O. The zero-order valence-corrected chi connectivity index (χ0v) is 10.4. The first-order chi connectivity index (χ1) is 9.06. The Balaban J connectivity index is 2.16. The first-order valence-electron chi connectivity index (χ1n) is 5.80. The van der Waals surface area contributed by atoms with Gasteiger partial charge >= 0.3 is 0 Å². The summed E-state index contributed by atoms with van der Waals surface area (Å²) in [6.45, 7) is 1.61. The minimum Gasteiger partial charge on any atom is -0.289 e. The van der Waals surface area contributed by atoms with E-state index in [0.29, 0.717) is 11.1 Å². The molecule has 0 radical (unpaired) electrons. The van der Waals surface area contributed by atoms with E-state index in [0.717, 1.165) is 5.56 Å². The van der Waals surface area contributed by atoms with Gasteiger partial charge in [0.15, 0.2) is 5.78 Å². The van der Waals surface area contributed by atoms with E-state index in [4.69, 9.17) is 0 Å². The van der Waals surface area contributed by atoms with Gasteiger partial charge in [-0.05, 0) is 54.5 Å². The normalized spacial score (nSPS) is 10.9. The Hall–Kier alpha value is -2.29. The van der Waals surface area contributed by atoms with Crippen molar-refractivity contribution in [2.75, 3.05) is 0 Å². The van der Waals surface area contributed by atoms with Crippen LogP contribution in [0.15, 0.2) is 48.5 Å².